The molecule has 312 valence electrons. The Bertz CT molecular complexity index is 1710. The molecular weight excluding hydrogens is 763 g/mol. The topological polar surface area (TPSA) is 254 Å². The van der Waals surface area contributed by atoms with Gasteiger partial charge in [-0.05, 0) is 43.2 Å². The van der Waals surface area contributed by atoms with Crippen molar-refractivity contribution < 1.29 is 53.1 Å². The number of anilines is 1. The van der Waals surface area contributed by atoms with Gasteiger partial charge < -0.3 is 49.4 Å². The van der Waals surface area contributed by atoms with Crippen LogP contribution in [0.3, 0.4) is 0 Å². The van der Waals surface area contributed by atoms with Crippen LogP contribution >= 0.6 is 11.3 Å². The van der Waals surface area contributed by atoms with E-state index in [0.29, 0.717) is 92.6 Å². The number of carbonyl (C=O) groups is 4. The van der Waals surface area contributed by atoms with Crippen molar-refractivity contribution in [2.75, 3.05) is 97.1 Å². The molecule has 1 aromatic heterocycles. The number of carbonyl (C=O) groups excluding carboxylic acids is 2. The molecule has 2 unspecified atom stereocenters. The number of rotatable bonds is 30. The van der Waals surface area contributed by atoms with Crippen molar-refractivity contribution in [1.82, 2.24) is 10.6 Å². The van der Waals surface area contributed by atoms with Crippen LogP contribution in [-0.2, 0) is 42.9 Å². The second kappa shape index (κ2) is 27.6. The van der Waals surface area contributed by atoms with Crippen LogP contribution in [0.1, 0.15) is 48.3 Å². The van der Waals surface area contributed by atoms with Crippen molar-refractivity contribution in [3.05, 3.63) is 39.8 Å². The van der Waals surface area contributed by atoms with E-state index in [2.05, 4.69) is 37.9 Å². The van der Waals surface area contributed by atoms with E-state index in [0.717, 1.165) is 22.6 Å². The maximum absolute atomic E-state index is 11.8. The predicted molar refractivity (Wildman–Crippen MR) is 209 cm³/mol. The maximum Gasteiger partial charge on any atom is 0.306 e. The first-order valence-corrected chi connectivity index (χ1v) is 19.3. The fourth-order valence-electron chi connectivity index (χ4n) is 4.84. The summed E-state index contributed by atoms with van der Waals surface area (Å²) >= 11 is 1.12. The lowest BCUT2D eigenvalue weighted by Gasteiger charge is -2.25. The molecule has 2 atom stereocenters. The molecule has 57 heavy (non-hydrogen) atoms. The molecule has 1 heterocycles. The third-order valence-electron chi connectivity index (χ3n) is 8.23. The number of carboxylic acids is 2. The summed E-state index contributed by atoms with van der Waals surface area (Å²) in [4.78, 5) is 47.8. The van der Waals surface area contributed by atoms with Gasteiger partial charge in [0.25, 0.3) is 0 Å². The third-order valence-corrected chi connectivity index (χ3v) is 9.31. The summed E-state index contributed by atoms with van der Waals surface area (Å²) in [6.07, 6.45) is -0.180. The van der Waals surface area contributed by atoms with Crippen LogP contribution in [0.4, 0.5) is 16.4 Å². The number of hydrogen-bond acceptors (Lipinski definition) is 15. The Morgan fingerprint density at radius 3 is 1.65 bits per heavy atom. The number of carboxylic acid groups (broad SMARTS) is 2. The van der Waals surface area contributed by atoms with E-state index in [1.54, 1.807) is 6.92 Å². The van der Waals surface area contributed by atoms with Crippen LogP contribution in [0.5, 0.6) is 0 Å². The van der Waals surface area contributed by atoms with Crippen LogP contribution in [0.25, 0.3) is 0 Å². The summed E-state index contributed by atoms with van der Waals surface area (Å²) in [5, 5.41) is 51.0. The quantitative estimate of drug-likeness (QED) is 0.0646. The zero-order valence-corrected chi connectivity index (χ0v) is 33.7. The largest absolute Gasteiger partial charge is 0.481 e. The summed E-state index contributed by atoms with van der Waals surface area (Å²) in [5.41, 5.74) is 3.29. The van der Waals surface area contributed by atoms with E-state index in [4.69, 9.17) is 33.9 Å². The maximum atomic E-state index is 11.8. The van der Waals surface area contributed by atoms with Gasteiger partial charge in [0.15, 0.2) is 5.00 Å². The number of thiophene rings is 1. The second-order valence-corrected chi connectivity index (χ2v) is 13.8. The van der Waals surface area contributed by atoms with Gasteiger partial charge in [-0.15, -0.1) is 21.6 Å². The summed E-state index contributed by atoms with van der Waals surface area (Å²) < 4.78 is 28.1. The Morgan fingerprint density at radius 1 is 0.737 bits per heavy atom. The normalized spacial score (nSPS) is 12.1. The molecule has 19 heteroatoms. The highest BCUT2D eigenvalue weighted by Crippen LogP contribution is 2.36. The lowest BCUT2D eigenvalue weighted by atomic mass is 10.1. The first-order chi connectivity index (χ1) is 27.4. The van der Waals surface area contributed by atoms with Gasteiger partial charge >= 0.3 is 11.9 Å². The summed E-state index contributed by atoms with van der Waals surface area (Å²) in [5.74, 6) is -4.23. The van der Waals surface area contributed by atoms with Gasteiger partial charge in [0, 0.05) is 44.7 Å². The molecule has 0 aliphatic rings. The van der Waals surface area contributed by atoms with Crippen molar-refractivity contribution in [2.24, 2.45) is 22.1 Å². The van der Waals surface area contributed by atoms with Gasteiger partial charge in [0.1, 0.15) is 17.0 Å². The van der Waals surface area contributed by atoms with E-state index < -0.39 is 23.8 Å². The lowest BCUT2D eigenvalue weighted by molar-refractivity contribution is -0.143. The van der Waals surface area contributed by atoms with Gasteiger partial charge in [-0.2, -0.15) is 10.5 Å². The number of amides is 2. The molecule has 2 rings (SSSR count). The molecule has 0 aliphatic heterocycles. The Hall–Kier alpha value is -5.02. The number of ether oxygens (including phenoxy) is 5. The molecule has 0 fully saturated rings. The minimum atomic E-state index is -1.02. The summed E-state index contributed by atoms with van der Waals surface area (Å²) in [6.45, 7) is 11.5. The fraction of sp³-hybridized carbons (Fsp3) is 0.579. The molecule has 1 aromatic carbocycles. The number of aryl methyl sites for hydroxylation is 1. The van der Waals surface area contributed by atoms with Crippen LogP contribution in [0.15, 0.2) is 28.4 Å². The highest BCUT2D eigenvalue weighted by Gasteiger charge is 2.17. The predicted octanol–water partition coefficient (Wildman–Crippen LogP) is 3.87. The van der Waals surface area contributed by atoms with Crippen molar-refractivity contribution in [3.8, 4) is 12.1 Å². The summed E-state index contributed by atoms with van der Waals surface area (Å²) in [7, 11) is 0. The number of hydrogen-bond donors (Lipinski definition) is 4. The molecule has 4 N–H and O–H groups in total. The molecule has 0 spiro atoms. The van der Waals surface area contributed by atoms with Crippen LogP contribution in [0, 0.1) is 48.3 Å². The number of benzene rings is 1. The van der Waals surface area contributed by atoms with E-state index in [1.807, 2.05) is 25.1 Å². The molecule has 0 aliphatic carbocycles. The second-order valence-electron chi connectivity index (χ2n) is 12.8. The number of aliphatic carboxylic acids is 2. The molecule has 2 amide bonds. The number of nitrogens with zero attached hydrogens (tertiary/aromatic N) is 5. The molecule has 0 radical (unpaired) electrons. The Morgan fingerprint density at radius 2 is 1.21 bits per heavy atom. The van der Waals surface area contributed by atoms with Crippen LogP contribution < -0.4 is 15.5 Å². The van der Waals surface area contributed by atoms with Crippen molar-refractivity contribution in [3.63, 3.8) is 0 Å². The first kappa shape index (κ1) is 48.1. The lowest BCUT2D eigenvalue weighted by Crippen LogP contribution is -2.32. The van der Waals surface area contributed by atoms with Crippen LogP contribution in [-0.4, -0.2) is 126 Å². The van der Waals surface area contributed by atoms with Gasteiger partial charge in [-0.25, -0.2) is 0 Å². The first-order valence-electron chi connectivity index (χ1n) is 18.5. The van der Waals surface area contributed by atoms with E-state index >= 15 is 0 Å². The number of azo groups is 1. The van der Waals surface area contributed by atoms with E-state index in [-0.39, 0.29) is 51.0 Å². The van der Waals surface area contributed by atoms with Crippen LogP contribution in [0.2, 0.25) is 0 Å². The highest BCUT2D eigenvalue weighted by molar-refractivity contribution is 7.16. The Balaban J connectivity index is 1.81. The number of nitrogens with one attached hydrogen (secondary N) is 2. The third kappa shape index (κ3) is 19.1. The monoisotopic (exact) mass is 815 g/mol. The van der Waals surface area contributed by atoms with Gasteiger partial charge in [0.05, 0.1) is 89.2 Å². The average Bonchev–Trinajstić information content (AvgIpc) is 3.49. The standard InChI is InChI=1S/C38H53N7O11S/c1-26-21-30(5-6-32(26)43-44-36-31(24-39)29(4)33(25-40)57-36)45(9-13-54-17-15-52-11-7-41-34(46)22-27(2)37(48)49)10-14-55-18-20-56-19-16-53-12-8-42-35(47)23-28(3)38(50)51/h5-6,21,27-28H,7-20,22-23H2,1-4H3,(H,41,46)(H,42,47)(H,48,49)(H,50,51)/b44-43+. The van der Waals surface area contributed by atoms with Gasteiger partial charge in [-0.1, -0.05) is 13.8 Å². The Kier molecular flexibility index (Phi) is 23.3. The van der Waals surface area contributed by atoms with E-state index in [1.165, 1.54) is 13.8 Å². The minimum Gasteiger partial charge on any atom is -0.481 e. The molecule has 0 saturated carbocycles. The molecule has 2 aromatic rings. The molecule has 0 bridgehead atoms. The smallest absolute Gasteiger partial charge is 0.306 e. The molecule has 0 saturated heterocycles. The van der Waals surface area contributed by atoms with Gasteiger partial charge in [-0.3, -0.25) is 19.2 Å². The van der Waals surface area contributed by atoms with Gasteiger partial charge in [0.2, 0.25) is 11.8 Å². The molecule has 18 nitrogen and oxygen atoms in total. The highest BCUT2D eigenvalue weighted by atomic mass is 32.1. The number of nitriles is 2. The van der Waals surface area contributed by atoms with E-state index in [9.17, 15) is 29.7 Å². The van der Waals surface area contributed by atoms with Crippen molar-refractivity contribution >= 4 is 51.5 Å². The minimum absolute atomic E-state index is 0.0860. The van der Waals surface area contributed by atoms with Crippen molar-refractivity contribution in [1.29, 1.82) is 10.5 Å². The van der Waals surface area contributed by atoms with Crippen molar-refractivity contribution in [2.45, 2.75) is 40.5 Å². The molecular formula is C38H53N7O11S. The average molecular weight is 816 g/mol. The Labute approximate surface area is 336 Å². The zero-order chi connectivity index (χ0) is 42.0. The fourth-order valence-corrected chi connectivity index (χ4v) is 5.72. The summed E-state index contributed by atoms with van der Waals surface area (Å²) in [6, 6.07) is 9.90. The SMILES string of the molecule is Cc1cc(N(CCOCCOCCNC(=O)CC(C)C(=O)O)CCOCCOCCOCCNC(=O)CC(C)C(=O)O)ccc1/N=N/c1sc(C#N)c(C)c1C#N. The zero-order valence-electron chi connectivity index (χ0n) is 32.9.